The second-order valence-electron chi connectivity index (χ2n) is 7.10. The van der Waals surface area contributed by atoms with Crippen molar-refractivity contribution < 1.29 is 4.79 Å². The first-order valence-corrected chi connectivity index (χ1v) is 9.68. The molecular weight excluding hydrogens is 358 g/mol. The van der Waals surface area contributed by atoms with Gasteiger partial charge in [0.05, 0.1) is 11.1 Å². The van der Waals surface area contributed by atoms with Gasteiger partial charge in [-0.3, -0.25) is 4.79 Å². The fourth-order valence-electron chi connectivity index (χ4n) is 3.93. The van der Waals surface area contributed by atoms with E-state index in [1.807, 2.05) is 65.5 Å². The highest BCUT2D eigenvalue weighted by atomic mass is 35.5. The second-order valence-corrected chi connectivity index (χ2v) is 7.53. The summed E-state index contributed by atoms with van der Waals surface area (Å²) < 4.78 is 1.82. The fourth-order valence-corrected chi connectivity index (χ4v) is 4.06. The summed E-state index contributed by atoms with van der Waals surface area (Å²) in [6.45, 7) is 0.521. The van der Waals surface area contributed by atoms with Crippen LogP contribution in [0, 0.1) is 0 Å². The third-order valence-corrected chi connectivity index (χ3v) is 5.70. The summed E-state index contributed by atoms with van der Waals surface area (Å²) in [6.07, 6.45) is 7.60. The molecule has 0 saturated heterocycles. The molecule has 1 aromatic heterocycles. The molecule has 3 aromatic rings. The molecule has 4 nitrogen and oxygen atoms in total. The highest BCUT2D eigenvalue weighted by Crippen LogP contribution is 2.41. The van der Waals surface area contributed by atoms with Crippen molar-refractivity contribution in [1.82, 2.24) is 15.1 Å². The smallest absolute Gasteiger partial charge is 0.230 e. The summed E-state index contributed by atoms with van der Waals surface area (Å²) in [5, 5.41) is 8.08. The zero-order chi connectivity index (χ0) is 18.7. The Morgan fingerprint density at radius 2 is 1.78 bits per heavy atom. The maximum absolute atomic E-state index is 13.1. The molecule has 1 aliphatic rings. The van der Waals surface area contributed by atoms with E-state index in [-0.39, 0.29) is 5.91 Å². The standard InChI is InChI=1S/C22H22ClN3O/c23-19-8-6-18(7-9-19)22(12-1-2-13-22)21(27)24-16-17-4-10-20(11-5-17)26-15-3-14-25-26/h3-11,14-15H,1-2,12-13,16H2,(H,24,27). The van der Waals surface area contributed by atoms with Gasteiger partial charge in [-0.2, -0.15) is 5.10 Å². The van der Waals surface area contributed by atoms with Gasteiger partial charge in [-0.1, -0.05) is 48.7 Å². The molecule has 1 fully saturated rings. The van der Waals surface area contributed by atoms with Crippen molar-refractivity contribution in [3.63, 3.8) is 0 Å². The maximum atomic E-state index is 13.1. The molecule has 1 saturated carbocycles. The summed E-state index contributed by atoms with van der Waals surface area (Å²) in [5.74, 6) is 0.110. The van der Waals surface area contributed by atoms with E-state index in [0.29, 0.717) is 11.6 Å². The van der Waals surface area contributed by atoms with Gasteiger partial charge in [-0.15, -0.1) is 0 Å². The van der Waals surface area contributed by atoms with E-state index in [2.05, 4.69) is 10.4 Å². The van der Waals surface area contributed by atoms with Gasteiger partial charge in [0.25, 0.3) is 0 Å². The SMILES string of the molecule is O=C(NCc1ccc(-n2cccn2)cc1)C1(c2ccc(Cl)cc2)CCCC1. The van der Waals surface area contributed by atoms with E-state index in [1.165, 1.54) is 0 Å². The van der Waals surface area contributed by atoms with Gasteiger partial charge < -0.3 is 5.32 Å². The summed E-state index contributed by atoms with van der Waals surface area (Å²) in [6, 6.07) is 17.7. The van der Waals surface area contributed by atoms with Gasteiger partial charge in [0.2, 0.25) is 5.91 Å². The van der Waals surface area contributed by atoms with E-state index in [4.69, 9.17) is 11.6 Å². The Bertz CT molecular complexity index is 896. The third kappa shape index (κ3) is 3.62. The van der Waals surface area contributed by atoms with Crippen molar-refractivity contribution in [3.05, 3.63) is 83.1 Å². The predicted molar refractivity (Wildman–Crippen MR) is 107 cm³/mol. The Morgan fingerprint density at radius 1 is 1.07 bits per heavy atom. The molecule has 5 heteroatoms. The number of hydrogen-bond donors (Lipinski definition) is 1. The van der Waals surface area contributed by atoms with E-state index < -0.39 is 5.41 Å². The average Bonchev–Trinajstić information content (AvgIpc) is 3.40. The Kier molecular flexibility index (Phi) is 4.99. The van der Waals surface area contributed by atoms with Crippen molar-refractivity contribution in [2.75, 3.05) is 0 Å². The molecule has 1 N–H and O–H groups in total. The molecule has 1 aliphatic carbocycles. The minimum absolute atomic E-state index is 0.110. The number of carbonyl (C=O) groups is 1. The number of aromatic nitrogens is 2. The van der Waals surface area contributed by atoms with Gasteiger partial charge in [0, 0.05) is 24.0 Å². The number of benzene rings is 2. The maximum Gasteiger partial charge on any atom is 0.230 e. The molecule has 1 amide bonds. The number of nitrogens with one attached hydrogen (secondary N) is 1. The van der Waals surface area contributed by atoms with Crippen LogP contribution in [0.5, 0.6) is 0 Å². The van der Waals surface area contributed by atoms with Crippen LogP contribution < -0.4 is 5.32 Å². The second kappa shape index (κ2) is 7.57. The molecule has 0 spiro atoms. The highest BCUT2D eigenvalue weighted by molar-refractivity contribution is 6.30. The van der Waals surface area contributed by atoms with Crippen LogP contribution in [0.1, 0.15) is 36.8 Å². The van der Waals surface area contributed by atoms with Crippen molar-refractivity contribution in [1.29, 1.82) is 0 Å². The monoisotopic (exact) mass is 379 g/mol. The van der Waals surface area contributed by atoms with Crippen LogP contribution in [0.3, 0.4) is 0 Å². The van der Waals surface area contributed by atoms with E-state index in [9.17, 15) is 4.79 Å². The first kappa shape index (κ1) is 17.8. The Hall–Kier alpha value is -2.59. The van der Waals surface area contributed by atoms with E-state index >= 15 is 0 Å². The predicted octanol–water partition coefficient (Wildman–Crippen LogP) is 4.65. The zero-order valence-electron chi connectivity index (χ0n) is 15.1. The molecule has 0 bridgehead atoms. The number of hydrogen-bond acceptors (Lipinski definition) is 2. The van der Waals surface area contributed by atoms with E-state index in [0.717, 1.165) is 42.5 Å². The molecular formula is C22H22ClN3O. The van der Waals surface area contributed by atoms with Gasteiger partial charge >= 0.3 is 0 Å². The van der Waals surface area contributed by atoms with Crippen molar-refractivity contribution in [3.8, 4) is 5.69 Å². The lowest BCUT2D eigenvalue weighted by atomic mass is 9.78. The largest absolute Gasteiger partial charge is 0.351 e. The molecule has 27 heavy (non-hydrogen) atoms. The van der Waals surface area contributed by atoms with Crippen LogP contribution >= 0.6 is 11.6 Å². The van der Waals surface area contributed by atoms with Crippen molar-refractivity contribution >= 4 is 17.5 Å². The fraction of sp³-hybridized carbons (Fsp3) is 0.273. The molecule has 0 radical (unpaired) electrons. The number of carbonyl (C=O) groups excluding carboxylic acids is 1. The molecule has 0 atom stereocenters. The molecule has 4 rings (SSSR count). The zero-order valence-corrected chi connectivity index (χ0v) is 15.8. The quantitative estimate of drug-likeness (QED) is 0.701. The number of halogens is 1. The molecule has 138 valence electrons. The summed E-state index contributed by atoms with van der Waals surface area (Å²) in [7, 11) is 0. The third-order valence-electron chi connectivity index (χ3n) is 5.45. The molecule has 1 heterocycles. The molecule has 2 aromatic carbocycles. The molecule has 0 unspecified atom stereocenters. The van der Waals surface area contributed by atoms with Crippen LogP contribution in [0.15, 0.2) is 67.0 Å². The van der Waals surface area contributed by atoms with Crippen molar-refractivity contribution in [2.45, 2.75) is 37.6 Å². The Labute approximate surface area is 164 Å². The first-order chi connectivity index (χ1) is 13.2. The van der Waals surface area contributed by atoms with Crippen LogP contribution in [-0.2, 0) is 16.8 Å². The minimum Gasteiger partial charge on any atom is -0.351 e. The van der Waals surface area contributed by atoms with Crippen LogP contribution in [-0.4, -0.2) is 15.7 Å². The minimum atomic E-state index is -0.431. The van der Waals surface area contributed by atoms with Crippen molar-refractivity contribution in [2.24, 2.45) is 0 Å². The summed E-state index contributed by atoms with van der Waals surface area (Å²) in [5.41, 5.74) is 2.71. The topological polar surface area (TPSA) is 46.9 Å². The summed E-state index contributed by atoms with van der Waals surface area (Å²) in [4.78, 5) is 13.1. The first-order valence-electron chi connectivity index (χ1n) is 9.31. The average molecular weight is 380 g/mol. The number of amides is 1. The lowest BCUT2D eigenvalue weighted by Gasteiger charge is -2.28. The van der Waals surface area contributed by atoms with E-state index in [1.54, 1.807) is 6.20 Å². The molecule has 0 aliphatic heterocycles. The lowest BCUT2D eigenvalue weighted by molar-refractivity contribution is -0.126. The Morgan fingerprint density at radius 3 is 2.41 bits per heavy atom. The number of nitrogens with zero attached hydrogens (tertiary/aromatic N) is 2. The Balaban J connectivity index is 1.46. The van der Waals surface area contributed by atoms with Gasteiger partial charge in [-0.25, -0.2) is 4.68 Å². The van der Waals surface area contributed by atoms with Crippen LogP contribution in [0.2, 0.25) is 5.02 Å². The highest BCUT2D eigenvalue weighted by Gasteiger charge is 2.42. The van der Waals surface area contributed by atoms with Crippen LogP contribution in [0.25, 0.3) is 5.69 Å². The van der Waals surface area contributed by atoms with Crippen LogP contribution in [0.4, 0.5) is 0 Å². The normalized spacial score (nSPS) is 15.6. The lowest BCUT2D eigenvalue weighted by Crippen LogP contribution is -2.42. The van der Waals surface area contributed by atoms with Gasteiger partial charge in [0.1, 0.15) is 0 Å². The van der Waals surface area contributed by atoms with Gasteiger partial charge in [0.15, 0.2) is 0 Å². The van der Waals surface area contributed by atoms with Gasteiger partial charge in [-0.05, 0) is 54.3 Å². The number of rotatable bonds is 5. The summed E-state index contributed by atoms with van der Waals surface area (Å²) >= 11 is 6.03.